The molecule has 3 heterocycles. The molecule has 1 spiro atoms. The summed E-state index contributed by atoms with van der Waals surface area (Å²) < 4.78 is 5.12. The molecule has 1 atom stereocenters. The first-order valence-electron chi connectivity index (χ1n) is 8.62. The van der Waals surface area contributed by atoms with Gasteiger partial charge in [0.15, 0.2) is 0 Å². The van der Waals surface area contributed by atoms with E-state index in [9.17, 15) is 4.79 Å². The van der Waals surface area contributed by atoms with Crippen molar-refractivity contribution in [1.29, 1.82) is 0 Å². The summed E-state index contributed by atoms with van der Waals surface area (Å²) in [5, 5.41) is 0. The first-order chi connectivity index (χ1) is 11.1. The molecule has 23 heavy (non-hydrogen) atoms. The van der Waals surface area contributed by atoms with Crippen LogP contribution in [0.25, 0.3) is 0 Å². The van der Waals surface area contributed by atoms with Gasteiger partial charge in [-0.1, -0.05) is 6.07 Å². The number of nitrogens with zero attached hydrogens (tertiary/aromatic N) is 3. The average molecular weight is 317 g/mol. The highest BCUT2D eigenvalue weighted by Gasteiger charge is 2.48. The lowest BCUT2D eigenvalue weighted by Gasteiger charge is -2.39. The minimum Gasteiger partial charge on any atom is -0.385 e. The van der Waals surface area contributed by atoms with Gasteiger partial charge in [-0.15, -0.1) is 0 Å². The molecule has 0 bridgehead atoms. The molecule has 1 aromatic rings. The number of hydrogen-bond acceptors (Lipinski definition) is 4. The lowest BCUT2D eigenvalue weighted by Crippen LogP contribution is -2.50. The Balaban J connectivity index is 1.68. The van der Waals surface area contributed by atoms with Crippen molar-refractivity contribution in [2.75, 3.05) is 44.8 Å². The lowest BCUT2D eigenvalue weighted by atomic mass is 9.78. The fourth-order valence-corrected chi connectivity index (χ4v) is 3.92. The third-order valence-electron chi connectivity index (χ3n) is 5.15. The van der Waals surface area contributed by atoms with Crippen LogP contribution in [0, 0.1) is 12.3 Å². The molecule has 3 rings (SSSR count). The van der Waals surface area contributed by atoms with Gasteiger partial charge in [0.05, 0.1) is 5.41 Å². The second-order valence-corrected chi connectivity index (χ2v) is 6.83. The lowest BCUT2D eigenvalue weighted by molar-refractivity contribution is -0.145. The van der Waals surface area contributed by atoms with Gasteiger partial charge in [-0.3, -0.25) is 4.79 Å². The van der Waals surface area contributed by atoms with Gasteiger partial charge in [0.1, 0.15) is 5.82 Å². The normalized spacial score (nSPS) is 24.7. The van der Waals surface area contributed by atoms with Crippen LogP contribution in [0.3, 0.4) is 0 Å². The summed E-state index contributed by atoms with van der Waals surface area (Å²) in [6, 6.07) is 6.11. The number of anilines is 1. The van der Waals surface area contributed by atoms with E-state index in [4.69, 9.17) is 4.74 Å². The summed E-state index contributed by atoms with van der Waals surface area (Å²) in [6.07, 6.45) is 3.98. The molecule has 0 unspecified atom stereocenters. The van der Waals surface area contributed by atoms with Crippen molar-refractivity contribution in [3.8, 4) is 0 Å². The number of rotatable bonds is 5. The largest absolute Gasteiger partial charge is 0.385 e. The fraction of sp³-hybridized carbons (Fsp3) is 0.667. The van der Waals surface area contributed by atoms with Gasteiger partial charge in [-0.05, 0) is 44.7 Å². The molecule has 5 nitrogen and oxygen atoms in total. The molecule has 0 N–H and O–H groups in total. The maximum absolute atomic E-state index is 13.0. The van der Waals surface area contributed by atoms with Crippen molar-refractivity contribution in [2.24, 2.45) is 5.41 Å². The van der Waals surface area contributed by atoms with Gasteiger partial charge in [-0.25, -0.2) is 4.98 Å². The van der Waals surface area contributed by atoms with Gasteiger partial charge in [0, 0.05) is 45.6 Å². The van der Waals surface area contributed by atoms with E-state index >= 15 is 0 Å². The highest BCUT2D eigenvalue weighted by Crippen LogP contribution is 2.41. The summed E-state index contributed by atoms with van der Waals surface area (Å²) >= 11 is 0. The predicted molar refractivity (Wildman–Crippen MR) is 90.5 cm³/mol. The maximum atomic E-state index is 13.0. The van der Waals surface area contributed by atoms with Crippen molar-refractivity contribution in [1.82, 2.24) is 9.88 Å². The van der Waals surface area contributed by atoms with Crippen molar-refractivity contribution in [3.05, 3.63) is 23.9 Å². The van der Waals surface area contributed by atoms with Crippen molar-refractivity contribution in [3.63, 3.8) is 0 Å². The summed E-state index contributed by atoms with van der Waals surface area (Å²) in [5.74, 6) is 1.35. The number of carbonyl (C=O) groups is 1. The molecule has 2 aliphatic rings. The molecule has 1 aromatic heterocycles. The quantitative estimate of drug-likeness (QED) is 0.782. The molecule has 2 fully saturated rings. The molecule has 2 saturated heterocycles. The Kier molecular flexibility index (Phi) is 4.85. The van der Waals surface area contributed by atoms with Crippen molar-refractivity contribution in [2.45, 2.75) is 32.6 Å². The maximum Gasteiger partial charge on any atom is 0.230 e. The second-order valence-electron chi connectivity index (χ2n) is 6.83. The Morgan fingerprint density at radius 1 is 1.30 bits per heavy atom. The van der Waals surface area contributed by atoms with Crippen molar-refractivity contribution >= 4 is 11.7 Å². The number of amides is 1. The van der Waals surface area contributed by atoms with Gasteiger partial charge in [0.25, 0.3) is 0 Å². The van der Waals surface area contributed by atoms with Gasteiger partial charge in [0.2, 0.25) is 5.91 Å². The molecule has 126 valence electrons. The standard InChI is InChI=1S/C18H27N3O2/c1-15-6-3-7-16(19-15)21-12-9-18(14-21)8-4-10-20(17(18)22)11-5-13-23-2/h3,6-7H,4-5,8-14H2,1-2H3/t18-/m1/s1. The van der Waals surface area contributed by atoms with Crippen LogP contribution in [-0.4, -0.2) is 55.7 Å². The van der Waals surface area contributed by atoms with Crippen LogP contribution in [0.5, 0.6) is 0 Å². The summed E-state index contributed by atoms with van der Waals surface area (Å²) in [5.41, 5.74) is 0.830. The molecule has 0 saturated carbocycles. The Morgan fingerprint density at radius 2 is 2.17 bits per heavy atom. The Hall–Kier alpha value is -1.62. The first kappa shape index (κ1) is 16.2. The number of aromatic nitrogens is 1. The Labute approximate surface area is 138 Å². The van der Waals surface area contributed by atoms with Crippen LogP contribution >= 0.6 is 0 Å². The van der Waals surface area contributed by atoms with E-state index in [1.54, 1.807) is 7.11 Å². The number of hydrogen-bond donors (Lipinski definition) is 0. The molecule has 2 aliphatic heterocycles. The Bertz CT molecular complexity index is 563. The van der Waals surface area contributed by atoms with Crippen LogP contribution in [0.2, 0.25) is 0 Å². The predicted octanol–water partition coefficient (Wildman–Crippen LogP) is 2.25. The smallest absolute Gasteiger partial charge is 0.230 e. The molecule has 0 radical (unpaired) electrons. The molecule has 0 aromatic carbocycles. The zero-order valence-electron chi connectivity index (χ0n) is 14.3. The molecular formula is C18H27N3O2. The van der Waals surface area contributed by atoms with E-state index in [0.717, 1.165) is 70.0 Å². The Morgan fingerprint density at radius 3 is 2.96 bits per heavy atom. The van der Waals surface area contributed by atoms with Crippen LogP contribution in [0.4, 0.5) is 5.82 Å². The third-order valence-corrected chi connectivity index (χ3v) is 5.15. The summed E-state index contributed by atoms with van der Waals surface area (Å²) in [4.78, 5) is 22.0. The number of pyridine rings is 1. The summed E-state index contributed by atoms with van der Waals surface area (Å²) in [7, 11) is 1.71. The van der Waals surface area contributed by atoms with E-state index in [1.807, 2.05) is 19.1 Å². The summed E-state index contributed by atoms with van der Waals surface area (Å²) in [6.45, 7) is 6.18. The fourth-order valence-electron chi connectivity index (χ4n) is 3.92. The van der Waals surface area contributed by atoms with Crippen LogP contribution < -0.4 is 4.90 Å². The van der Waals surface area contributed by atoms with E-state index in [-0.39, 0.29) is 5.41 Å². The van der Waals surface area contributed by atoms with Gasteiger partial charge in [-0.2, -0.15) is 0 Å². The number of ether oxygens (including phenoxy) is 1. The van der Waals surface area contributed by atoms with E-state index in [0.29, 0.717) is 5.91 Å². The molecular weight excluding hydrogens is 290 g/mol. The second kappa shape index (κ2) is 6.87. The number of aryl methyl sites for hydroxylation is 1. The molecule has 1 amide bonds. The zero-order chi connectivity index (χ0) is 16.3. The minimum atomic E-state index is -0.198. The van der Waals surface area contributed by atoms with Gasteiger partial charge >= 0.3 is 0 Å². The highest BCUT2D eigenvalue weighted by atomic mass is 16.5. The van der Waals surface area contributed by atoms with Crippen LogP contribution in [0.15, 0.2) is 18.2 Å². The van der Waals surface area contributed by atoms with E-state index < -0.39 is 0 Å². The van der Waals surface area contributed by atoms with Crippen LogP contribution in [0.1, 0.15) is 31.4 Å². The number of piperidine rings is 1. The van der Waals surface area contributed by atoms with E-state index in [1.165, 1.54) is 0 Å². The van der Waals surface area contributed by atoms with Gasteiger partial charge < -0.3 is 14.5 Å². The van der Waals surface area contributed by atoms with E-state index in [2.05, 4.69) is 20.9 Å². The highest BCUT2D eigenvalue weighted by molar-refractivity contribution is 5.85. The third kappa shape index (κ3) is 3.34. The minimum absolute atomic E-state index is 0.198. The molecule has 0 aliphatic carbocycles. The topological polar surface area (TPSA) is 45.7 Å². The zero-order valence-corrected chi connectivity index (χ0v) is 14.3. The number of carbonyl (C=O) groups excluding carboxylic acids is 1. The SMILES string of the molecule is COCCCN1CCC[C@]2(CCN(c3cccc(C)n3)C2)C1=O. The van der Waals surface area contributed by atoms with Crippen LogP contribution in [-0.2, 0) is 9.53 Å². The van der Waals surface area contributed by atoms with Crippen molar-refractivity contribution < 1.29 is 9.53 Å². The average Bonchev–Trinajstić information content (AvgIpc) is 2.97. The monoisotopic (exact) mass is 317 g/mol. The number of likely N-dealkylation sites (tertiary alicyclic amines) is 1. The number of methoxy groups -OCH3 is 1. The molecule has 5 heteroatoms. The first-order valence-corrected chi connectivity index (χ1v) is 8.62.